The molecular formula is C17H18N4O2. The van der Waals surface area contributed by atoms with Crippen molar-refractivity contribution in [1.82, 2.24) is 9.78 Å². The van der Waals surface area contributed by atoms with E-state index in [9.17, 15) is 4.79 Å². The van der Waals surface area contributed by atoms with Crippen molar-refractivity contribution in [3.8, 4) is 5.69 Å². The zero-order valence-electron chi connectivity index (χ0n) is 12.7. The van der Waals surface area contributed by atoms with Gasteiger partial charge in [0.25, 0.3) is 0 Å². The number of anilines is 1. The van der Waals surface area contributed by atoms with Crippen LogP contribution in [-0.2, 0) is 4.79 Å². The second kappa shape index (κ2) is 6.20. The van der Waals surface area contributed by atoms with Crippen LogP contribution in [0.15, 0.2) is 48.7 Å². The van der Waals surface area contributed by atoms with Gasteiger partial charge in [-0.15, -0.1) is 0 Å². The summed E-state index contributed by atoms with van der Waals surface area (Å²) in [6.45, 7) is 1.63. The maximum Gasteiger partial charge on any atom is 0.243 e. The van der Waals surface area contributed by atoms with Gasteiger partial charge in [0.2, 0.25) is 5.91 Å². The number of aryl methyl sites for hydroxylation is 1. The molecule has 0 saturated carbocycles. The number of hydrogen-bond donors (Lipinski definition) is 3. The fourth-order valence-electron chi connectivity index (χ4n) is 2.38. The van der Waals surface area contributed by atoms with Crippen molar-refractivity contribution >= 4 is 22.5 Å². The molecule has 23 heavy (non-hydrogen) atoms. The summed E-state index contributed by atoms with van der Waals surface area (Å²) in [5.74, 6) is -0.423. The fourth-order valence-corrected chi connectivity index (χ4v) is 2.38. The SMILES string of the molecule is Cc1cccc(-n2ncc3ccc(NC(=O)[C@@H](N)CO)cc32)c1. The summed E-state index contributed by atoms with van der Waals surface area (Å²) < 4.78 is 1.82. The van der Waals surface area contributed by atoms with E-state index in [1.807, 2.05) is 48.0 Å². The lowest BCUT2D eigenvalue weighted by molar-refractivity contribution is -0.118. The van der Waals surface area contributed by atoms with Crippen molar-refractivity contribution in [3.05, 3.63) is 54.2 Å². The lowest BCUT2D eigenvalue weighted by Gasteiger charge is -2.10. The Balaban J connectivity index is 1.99. The molecule has 1 atom stereocenters. The molecule has 0 aliphatic rings. The number of nitrogens with two attached hydrogens (primary N) is 1. The van der Waals surface area contributed by atoms with Gasteiger partial charge < -0.3 is 16.2 Å². The molecule has 0 saturated heterocycles. The molecule has 2 aromatic carbocycles. The third kappa shape index (κ3) is 3.08. The summed E-state index contributed by atoms with van der Waals surface area (Å²) in [4.78, 5) is 11.8. The molecule has 0 radical (unpaired) electrons. The standard InChI is InChI=1S/C17H18N4O2/c1-11-3-2-4-14(7-11)21-16-8-13(6-5-12(16)9-19-21)20-17(23)15(18)10-22/h2-9,15,22H,10,18H2,1H3,(H,20,23)/t15-/m0/s1. The van der Waals surface area contributed by atoms with E-state index in [2.05, 4.69) is 10.4 Å². The van der Waals surface area contributed by atoms with Crippen molar-refractivity contribution in [2.75, 3.05) is 11.9 Å². The van der Waals surface area contributed by atoms with Crippen LogP contribution in [0.1, 0.15) is 5.56 Å². The van der Waals surface area contributed by atoms with E-state index in [1.54, 1.807) is 12.3 Å². The fraction of sp³-hybridized carbons (Fsp3) is 0.176. The minimum atomic E-state index is -0.938. The molecule has 4 N–H and O–H groups in total. The number of nitrogens with one attached hydrogen (secondary N) is 1. The Hall–Kier alpha value is -2.70. The normalized spacial score (nSPS) is 12.3. The highest BCUT2D eigenvalue weighted by Gasteiger charge is 2.13. The van der Waals surface area contributed by atoms with E-state index >= 15 is 0 Å². The first-order valence-corrected chi connectivity index (χ1v) is 7.30. The van der Waals surface area contributed by atoms with Gasteiger partial charge in [0.1, 0.15) is 6.04 Å². The van der Waals surface area contributed by atoms with Crippen molar-refractivity contribution in [1.29, 1.82) is 0 Å². The molecule has 3 rings (SSSR count). The Morgan fingerprint density at radius 1 is 1.35 bits per heavy atom. The van der Waals surface area contributed by atoms with Crippen molar-refractivity contribution < 1.29 is 9.90 Å². The third-order valence-corrected chi connectivity index (χ3v) is 3.62. The monoisotopic (exact) mass is 310 g/mol. The number of aliphatic hydroxyl groups is 1. The zero-order valence-corrected chi connectivity index (χ0v) is 12.7. The summed E-state index contributed by atoms with van der Waals surface area (Å²) in [6, 6.07) is 12.6. The number of nitrogens with zero attached hydrogens (tertiary/aromatic N) is 2. The highest BCUT2D eigenvalue weighted by Crippen LogP contribution is 2.22. The van der Waals surface area contributed by atoms with E-state index in [1.165, 1.54) is 0 Å². The maximum absolute atomic E-state index is 11.8. The number of carbonyl (C=O) groups excluding carboxylic acids is 1. The van der Waals surface area contributed by atoms with Gasteiger partial charge >= 0.3 is 0 Å². The topological polar surface area (TPSA) is 93.2 Å². The van der Waals surface area contributed by atoms with Crippen LogP contribution in [0.5, 0.6) is 0 Å². The summed E-state index contributed by atoms with van der Waals surface area (Å²) in [7, 11) is 0. The number of fused-ring (bicyclic) bond motifs is 1. The zero-order chi connectivity index (χ0) is 16.4. The van der Waals surface area contributed by atoms with Gasteiger partial charge in [0.15, 0.2) is 0 Å². The number of aliphatic hydroxyl groups excluding tert-OH is 1. The van der Waals surface area contributed by atoms with E-state index in [0.29, 0.717) is 5.69 Å². The molecule has 1 aromatic heterocycles. The first-order chi connectivity index (χ1) is 11.1. The Kier molecular flexibility index (Phi) is 4.10. The summed E-state index contributed by atoms with van der Waals surface area (Å²) >= 11 is 0. The Bertz CT molecular complexity index is 857. The van der Waals surface area contributed by atoms with Crippen LogP contribution >= 0.6 is 0 Å². The average molecular weight is 310 g/mol. The highest BCUT2D eigenvalue weighted by molar-refractivity contribution is 5.96. The predicted molar refractivity (Wildman–Crippen MR) is 89.5 cm³/mol. The largest absolute Gasteiger partial charge is 0.394 e. The van der Waals surface area contributed by atoms with Crippen LogP contribution < -0.4 is 11.1 Å². The molecule has 0 aliphatic heterocycles. The molecule has 118 valence electrons. The van der Waals surface area contributed by atoms with Gasteiger partial charge in [-0.25, -0.2) is 4.68 Å². The highest BCUT2D eigenvalue weighted by atomic mass is 16.3. The quantitative estimate of drug-likeness (QED) is 0.682. The van der Waals surface area contributed by atoms with Gasteiger partial charge in [0, 0.05) is 11.1 Å². The second-order valence-electron chi connectivity index (χ2n) is 5.45. The lowest BCUT2D eigenvalue weighted by atomic mass is 10.2. The van der Waals surface area contributed by atoms with Crippen LogP contribution in [0.3, 0.4) is 0 Å². The molecule has 0 unspecified atom stereocenters. The number of benzene rings is 2. The average Bonchev–Trinajstić information content (AvgIpc) is 2.97. The first kappa shape index (κ1) is 15.2. The maximum atomic E-state index is 11.8. The minimum absolute atomic E-state index is 0.394. The van der Waals surface area contributed by atoms with Gasteiger partial charge in [-0.3, -0.25) is 4.79 Å². The van der Waals surface area contributed by atoms with Crippen LogP contribution in [0.4, 0.5) is 5.69 Å². The Labute approximate surface area is 133 Å². The molecule has 0 aliphatic carbocycles. The van der Waals surface area contributed by atoms with Gasteiger partial charge in [-0.1, -0.05) is 12.1 Å². The van der Waals surface area contributed by atoms with E-state index in [4.69, 9.17) is 10.8 Å². The lowest BCUT2D eigenvalue weighted by Crippen LogP contribution is -2.38. The third-order valence-electron chi connectivity index (χ3n) is 3.62. The number of carbonyl (C=O) groups is 1. The van der Waals surface area contributed by atoms with Crippen LogP contribution in [0, 0.1) is 6.92 Å². The molecule has 1 heterocycles. The summed E-state index contributed by atoms with van der Waals surface area (Å²) in [5.41, 5.74) is 9.10. The molecule has 3 aromatic rings. The number of rotatable bonds is 4. The van der Waals surface area contributed by atoms with Crippen molar-refractivity contribution in [2.45, 2.75) is 13.0 Å². The molecule has 0 fully saturated rings. The van der Waals surface area contributed by atoms with Crippen LogP contribution in [0.2, 0.25) is 0 Å². The minimum Gasteiger partial charge on any atom is -0.394 e. The Morgan fingerprint density at radius 2 is 2.17 bits per heavy atom. The first-order valence-electron chi connectivity index (χ1n) is 7.30. The molecule has 6 nitrogen and oxygen atoms in total. The van der Waals surface area contributed by atoms with E-state index in [-0.39, 0.29) is 0 Å². The predicted octanol–water partition coefficient (Wildman–Crippen LogP) is 1.59. The molecule has 1 amide bonds. The van der Waals surface area contributed by atoms with Gasteiger partial charge in [-0.05, 0) is 42.8 Å². The second-order valence-corrected chi connectivity index (χ2v) is 5.45. The van der Waals surface area contributed by atoms with Gasteiger partial charge in [-0.2, -0.15) is 5.10 Å². The van der Waals surface area contributed by atoms with Crippen LogP contribution in [-0.4, -0.2) is 33.4 Å². The summed E-state index contributed by atoms with van der Waals surface area (Å²) in [6.07, 6.45) is 1.78. The van der Waals surface area contributed by atoms with E-state index < -0.39 is 18.6 Å². The molecule has 0 spiro atoms. The van der Waals surface area contributed by atoms with Crippen molar-refractivity contribution in [3.63, 3.8) is 0 Å². The van der Waals surface area contributed by atoms with E-state index in [0.717, 1.165) is 22.2 Å². The van der Waals surface area contributed by atoms with Crippen LogP contribution in [0.25, 0.3) is 16.6 Å². The molecular weight excluding hydrogens is 292 g/mol. The van der Waals surface area contributed by atoms with Crippen molar-refractivity contribution in [2.24, 2.45) is 5.73 Å². The summed E-state index contributed by atoms with van der Waals surface area (Å²) in [5, 5.41) is 17.0. The molecule has 6 heteroatoms. The number of amides is 1. The number of aromatic nitrogens is 2. The molecule has 0 bridgehead atoms. The smallest absolute Gasteiger partial charge is 0.243 e. The Morgan fingerprint density at radius 3 is 2.91 bits per heavy atom. The van der Waals surface area contributed by atoms with Gasteiger partial charge in [0.05, 0.1) is 24.0 Å². The number of hydrogen-bond acceptors (Lipinski definition) is 4.